The third kappa shape index (κ3) is 2.96. The second-order valence-electron chi connectivity index (χ2n) is 4.80. The summed E-state index contributed by atoms with van der Waals surface area (Å²) in [5.41, 5.74) is 11.7. The number of nitrogen functional groups attached to an aromatic ring is 1. The molecule has 8 heteroatoms. The van der Waals surface area contributed by atoms with E-state index in [2.05, 4.69) is 16.7 Å². The Morgan fingerprint density at radius 1 is 1.29 bits per heavy atom. The molecule has 1 aromatic rings. The zero-order valence-corrected chi connectivity index (χ0v) is 13.0. The van der Waals surface area contributed by atoms with Crippen molar-refractivity contribution in [3.05, 3.63) is 10.4 Å². The predicted octanol–water partition coefficient (Wildman–Crippen LogP) is 0.358. The Hall–Kier alpha value is -1.80. The number of anilines is 2. The summed E-state index contributed by atoms with van der Waals surface area (Å²) in [7, 11) is 1.28. The average Bonchev–Trinajstić information content (AvgIpc) is 2.84. The molecule has 0 radical (unpaired) electrons. The van der Waals surface area contributed by atoms with Crippen molar-refractivity contribution in [2.24, 2.45) is 5.73 Å². The molecule has 4 N–H and O–H groups in total. The number of rotatable bonds is 4. The highest BCUT2D eigenvalue weighted by molar-refractivity contribution is 7.19. The number of carbonyl (C=O) groups is 2. The molecule has 0 unspecified atom stereocenters. The van der Waals surface area contributed by atoms with E-state index in [0.717, 1.165) is 32.7 Å². The molecule has 0 saturated carbocycles. The van der Waals surface area contributed by atoms with Crippen molar-refractivity contribution in [2.75, 3.05) is 50.5 Å². The highest BCUT2D eigenvalue weighted by Gasteiger charge is 2.29. The van der Waals surface area contributed by atoms with Crippen LogP contribution in [0.3, 0.4) is 0 Å². The van der Waals surface area contributed by atoms with E-state index in [-0.39, 0.29) is 16.1 Å². The van der Waals surface area contributed by atoms with Crippen LogP contribution in [-0.2, 0) is 4.74 Å². The zero-order valence-electron chi connectivity index (χ0n) is 12.2. The summed E-state index contributed by atoms with van der Waals surface area (Å²) >= 11 is 1.17. The average molecular weight is 312 g/mol. The Morgan fingerprint density at radius 2 is 1.90 bits per heavy atom. The molecule has 2 rings (SSSR count). The van der Waals surface area contributed by atoms with E-state index in [0.29, 0.717) is 5.00 Å². The van der Waals surface area contributed by atoms with Gasteiger partial charge in [-0.05, 0) is 6.54 Å². The normalized spacial score (nSPS) is 16.0. The molecule has 0 aliphatic carbocycles. The van der Waals surface area contributed by atoms with Gasteiger partial charge < -0.3 is 26.0 Å². The summed E-state index contributed by atoms with van der Waals surface area (Å²) in [6, 6.07) is 0. The van der Waals surface area contributed by atoms with Gasteiger partial charge in [-0.1, -0.05) is 6.92 Å². The molecule has 1 saturated heterocycles. The largest absolute Gasteiger partial charge is 0.465 e. The fraction of sp³-hybridized carbons (Fsp3) is 0.538. The fourth-order valence-corrected chi connectivity index (χ4v) is 3.60. The van der Waals surface area contributed by atoms with Gasteiger partial charge in [0.15, 0.2) is 0 Å². The van der Waals surface area contributed by atoms with Gasteiger partial charge >= 0.3 is 5.97 Å². The van der Waals surface area contributed by atoms with Gasteiger partial charge in [-0.15, -0.1) is 11.3 Å². The number of nitrogens with two attached hydrogens (primary N) is 2. The van der Waals surface area contributed by atoms with E-state index < -0.39 is 11.9 Å². The summed E-state index contributed by atoms with van der Waals surface area (Å²) < 4.78 is 4.70. The Bertz CT molecular complexity index is 550. The summed E-state index contributed by atoms with van der Waals surface area (Å²) in [6.45, 7) is 6.46. The molecule has 116 valence electrons. The van der Waals surface area contributed by atoms with Crippen molar-refractivity contribution in [2.45, 2.75) is 6.92 Å². The van der Waals surface area contributed by atoms with E-state index in [1.165, 1.54) is 18.4 Å². The summed E-state index contributed by atoms with van der Waals surface area (Å²) in [5, 5.41) is 0.663. The Morgan fingerprint density at radius 3 is 2.38 bits per heavy atom. The van der Waals surface area contributed by atoms with Crippen LogP contribution in [0.1, 0.15) is 27.0 Å². The maximum Gasteiger partial charge on any atom is 0.350 e. The number of esters is 1. The zero-order chi connectivity index (χ0) is 15.6. The standard InChI is InChI=1S/C13H20N4O3S/c1-3-16-4-6-17(7-5-16)12-8(11(15)18)9(14)10(21-12)13(19)20-2/h3-7,14H2,1-2H3,(H2,15,18). The molecule has 21 heavy (non-hydrogen) atoms. The van der Waals surface area contributed by atoms with Crippen molar-refractivity contribution in [1.29, 1.82) is 0 Å². The molecular weight excluding hydrogens is 292 g/mol. The van der Waals surface area contributed by atoms with E-state index in [9.17, 15) is 9.59 Å². The quantitative estimate of drug-likeness (QED) is 0.778. The van der Waals surface area contributed by atoms with Gasteiger partial charge in [-0.3, -0.25) is 4.79 Å². The second kappa shape index (κ2) is 6.31. The highest BCUT2D eigenvalue weighted by Crippen LogP contribution is 2.38. The van der Waals surface area contributed by atoms with Crippen molar-refractivity contribution >= 4 is 33.9 Å². The van der Waals surface area contributed by atoms with Crippen LogP contribution in [0, 0.1) is 0 Å². The van der Waals surface area contributed by atoms with E-state index >= 15 is 0 Å². The summed E-state index contributed by atoms with van der Waals surface area (Å²) in [6.07, 6.45) is 0. The minimum absolute atomic E-state index is 0.118. The molecule has 0 aromatic carbocycles. The lowest BCUT2D eigenvalue weighted by Crippen LogP contribution is -2.46. The first-order chi connectivity index (χ1) is 9.99. The molecule has 0 spiro atoms. The lowest BCUT2D eigenvalue weighted by atomic mass is 10.2. The molecule has 1 aliphatic rings. The number of likely N-dealkylation sites (N-methyl/N-ethyl adjacent to an activating group) is 1. The number of primary amides is 1. The molecule has 0 bridgehead atoms. The number of hydrogen-bond acceptors (Lipinski definition) is 7. The summed E-state index contributed by atoms with van der Waals surface area (Å²) in [5.74, 6) is -1.16. The van der Waals surface area contributed by atoms with Gasteiger partial charge in [-0.25, -0.2) is 4.79 Å². The van der Waals surface area contributed by atoms with Crippen molar-refractivity contribution < 1.29 is 14.3 Å². The van der Waals surface area contributed by atoms with Gasteiger partial charge in [0.1, 0.15) is 9.88 Å². The number of carbonyl (C=O) groups excluding carboxylic acids is 2. The first-order valence-corrected chi connectivity index (χ1v) is 7.58. The Kier molecular flexibility index (Phi) is 4.69. The highest BCUT2D eigenvalue weighted by atomic mass is 32.1. The molecule has 7 nitrogen and oxygen atoms in total. The molecule has 1 fully saturated rings. The second-order valence-corrected chi connectivity index (χ2v) is 5.80. The van der Waals surface area contributed by atoms with Crippen LogP contribution in [0.2, 0.25) is 0 Å². The topological polar surface area (TPSA) is 102 Å². The van der Waals surface area contributed by atoms with Crippen molar-refractivity contribution in [3.8, 4) is 0 Å². The van der Waals surface area contributed by atoms with Gasteiger partial charge in [0, 0.05) is 26.2 Å². The Labute approximate surface area is 127 Å². The number of hydrogen-bond donors (Lipinski definition) is 2. The maximum absolute atomic E-state index is 11.7. The van der Waals surface area contributed by atoms with Gasteiger partial charge in [0.05, 0.1) is 18.4 Å². The van der Waals surface area contributed by atoms with Crippen LogP contribution < -0.4 is 16.4 Å². The van der Waals surface area contributed by atoms with Gasteiger partial charge in [0.2, 0.25) is 0 Å². The predicted molar refractivity (Wildman–Crippen MR) is 82.9 cm³/mol. The first kappa shape index (κ1) is 15.6. The van der Waals surface area contributed by atoms with E-state index in [4.69, 9.17) is 16.2 Å². The van der Waals surface area contributed by atoms with Crippen LogP contribution in [0.15, 0.2) is 0 Å². The van der Waals surface area contributed by atoms with E-state index in [1.54, 1.807) is 0 Å². The number of thiophene rings is 1. The molecular formula is C13H20N4O3S. The molecule has 0 atom stereocenters. The first-order valence-electron chi connectivity index (χ1n) is 6.77. The number of amides is 1. The molecule has 1 aromatic heterocycles. The van der Waals surface area contributed by atoms with Crippen LogP contribution >= 0.6 is 11.3 Å². The Balaban J connectivity index is 2.34. The number of methoxy groups -OCH3 is 1. The SMILES string of the molecule is CCN1CCN(c2sc(C(=O)OC)c(N)c2C(N)=O)CC1. The molecule has 1 amide bonds. The lowest BCUT2D eigenvalue weighted by molar-refractivity contribution is 0.0607. The van der Waals surface area contributed by atoms with Crippen molar-refractivity contribution in [1.82, 2.24) is 4.90 Å². The smallest absolute Gasteiger partial charge is 0.350 e. The van der Waals surface area contributed by atoms with E-state index in [1.807, 2.05) is 0 Å². The van der Waals surface area contributed by atoms with Crippen LogP contribution in [0.5, 0.6) is 0 Å². The summed E-state index contributed by atoms with van der Waals surface area (Å²) in [4.78, 5) is 28.0. The minimum Gasteiger partial charge on any atom is -0.465 e. The number of piperazine rings is 1. The molecule has 2 heterocycles. The number of ether oxygens (including phenoxy) is 1. The fourth-order valence-electron chi connectivity index (χ4n) is 2.40. The van der Waals surface area contributed by atoms with Gasteiger partial charge in [-0.2, -0.15) is 0 Å². The van der Waals surface area contributed by atoms with Crippen molar-refractivity contribution in [3.63, 3.8) is 0 Å². The van der Waals surface area contributed by atoms with Crippen LogP contribution in [0.25, 0.3) is 0 Å². The molecule has 1 aliphatic heterocycles. The maximum atomic E-state index is 11.7. The van der Waals surface area contributed by atoms with Crippen LogP contribution in [0.4, 0.5) is 10.7 Å². The lowest BCUT2D eigenvalue weighted by Gasteiger charge is -2.35. The number of nitrogens with zero attached hydrogens (tertiary/aromatic N) is 2. The van der Waals surface area contributed by atoms with Gasteiger partial charge in [0.25, 0.3) is 5.91 Å². The monoisotopic (exact) mass is 312 g/mol. The minimum atomic E-state index is -0.619. The van der Waals surface area contributed by atoms with Crippen LogP contribution in [-0.4, -0.2) is 56.6 Å². The third-order valence-corrected chi connectivity index (χ3v) is 4.90. The third-order valence-electron chi connectivity index (χ3n) is 3.65.